The highest BCUT2D eigenvalue weighted by molar-refractivity contribution is 5.21. The molecule has 1 aromatic rings. The van der Waals surface area contributed by atoms with Crippen molar-refractivity contribution in [2.75, 3.05) is 7.11 Å². The maximum absolute atomic E-state index is 5.02. The molecule has 0 bridgehead atoms. The molecule has 15 heavy (non-hydrogen) atoms. The minimum Gasteiger partial charge on any atom is -0.377 e. The molecule has 0 aliphatic carbocycles. The minimum absolute atomic E-state index is 0.495. The van der Waals surface area contributed by atoms with E-state index in [-0.39, 0.29) is 0 Å². The van der Waals surface area contributed by atoms with Crippen molar-refractivity contribution in [3.05, 3.63) is 23.3 Å². The van der Waals surface area contributed by atoms with E-state index in [9.17, 15) is 0 Å². The Morgan fingerprint density at radius 3 is 2.93 bits per heavy atom. The first-order chi connectivity index (χ1) is 7.20. The van der Waals surface area contributed by atoms with Crippen LogP contribution in [0.1, 0.15) is 30.9 Å². The van der Waals surface area contributed by atoms with Crippen LogP contribution in [0.4, 0.5) is 0 Å². The lowest BCUT2D eigenvalue weighted by atomic mass is 10.3. The van der Waals surface area contributed by atoms with Crippen LogP contribution in [-0.4, -0.2) is 28.0 Å². The Bertz CT molecular complexity index is 352. The Hall–Kier alpha value is -1.00. The van der Waals surface area contributed by atoms with Crippen molar-refractivity contribution in [3.63, 3.8) is 0 Å². The van der Waals surface area contributed by atoms with E-state index in [1.807, 2.05) is 6.20 Å². The predicted octanol–water partition coefficient (Wildman–Crippen LogP) is 1.35. The first-order valence-electron chi connectivity index (χ1n) is 5.27. The molecule has 4 nitrogen and oxygen atoms in total. The van der Waals surface area contributed by atoms with E-state index in [4.69, 9.17) is 4.74 Å². The van der Waals surface area contributed by atoms with E-state index >= 15 is 0 Å². The number of fused-ring (bicyclic) bond motifs is 1. The highest BCUT2D eigenvalue weighted by Crippen LogP contribution is 2.22. The summed E-state index contributed by atoms with van der Waals surface area (Å²) in [4.78, 5) is 11.2. The summed E-state index contributed by atoms with van der Waals surface area (Å²) in [6, 6.07) is 0.560. The van der Waals surface area contributed by atoms with E-state index in [1.54, 1.807) is 7.11 Å². The normalized spacial score (nSPS) is 16.0. The molecule has 0 spiro atoms. The largest absolute Gasteiger partial charge is 0.377 e. The third kappa shape index (κ3) is 2.16. The second kappa shape index (κ2) is 4.24. The molecule has 0 aromatic carbocycles. The molecule has 0 unspecified atom stereocenters. The maximum atomic E-state index is 5.02. The van der Waals surface area contributed by atoms with Crippen LogP contribution in [0, 0.1) is 0 Å². The second-order valence-corrected chi connectivity index (χ2v) is 4.19. The molecule has 1 aromatic heterocycles. The number of hydrogen-bond acceptors (Lipinski definition) is 4. The Labute approximate surface area is 90.3 Å². The number of methoxy groups -OCH3 is 1. The lowest BCUT2D eigenvalue weighted by Gasteiger charge is -2.18. The lowest BCUT2D eigenvalue weighted by Crippen LogP contribution is -2.24. The Morgan fingerprint density at radius 2 is 2.27 bits per heavy atom. The molecular weight excluding hydrogens is 190 g/mol. The van der Waals surface area contributed by atoms with Crippen LogP contribution in [0.3, 0.4) is 0 Å². The zero-order valence-electron chi connectivity index (χ0n) is 9.53. The van der Waals surface area contributed by atoms with Gasteiger partial charge in [0.15, 0.2) is 5.82 Å². The molecular formula is C11H17N3O. The quantitative estimate of drug-likeness (QED) is 0.750. The average Bonchev–Trinajstić information content (AvgIpc) is 2.61. The zero-order valence-corrected chi connectivity index (χ0v) is 9.53. The van der Waals surface area contributed by atoms with Crippen molar-refractivity contribution in [2.45, 2.75) is 39.6 Å². The third-order valence-corrected chi connectivity index (χ3v) is 2.73. The number of aromatic nitrogens is 2. The minimum atomic E-state index is 0.495. The first kappa shape index (κ1) is 10.5. The number of nitrogens with zero attached hydrogens (tertiary/aromatic N) is 3. The van der Waals surface area contributed by atoms with Gasteiger partial charge in [0.1, 0.15) is 6.61 Å². The Balaban J connectivity index is 2.16. The van der Waals surface area contributed by atoms with Crippen molar-refractivity contribution >= 4 is 0 Å². The maximum Gasteiger partial charge on any atom is 0.154 e. The van der Waals surface area contributed by atoms with E-state index in [1.165, 1.54) is 5.56 Å². The van der Waals surface area contributed by atoms with Crippen LogP contribution < -0.4 is 0 Å². The van der Waals surface area contributed by atoms with Crippen LogP contribution in [0.15, 0.2) is 6.20 Å². The predicted molar refractivity (Wildman–Crippen MR) is 57.1 cm³/mol. The van der Waals surface area contributed by atoms with Crippen LogP contribution in [-0.2, 0) is 24.4 Å². The fourth-order valence-electron chi connectivity index (χ4n) is 1.78. The Morgan fingerprint density at radius 1 is 1.47 bits per heavy atom. The van der Waals surface area contributed by atoms with E-state index in [0.29, 0.717) is 12.6 Å². The van der Waals surface area contributed by atoms with Crippen molar-refractivity contribution in [3.8, 4) is 0 Å². The van der Waals surface area contributed by atoms with Gasteiger partial charge in [-0.25, -0.2) is 9.97 Å². The molecule has 0 fully saturated rings. The van der Waals surface area contributed by atoms with Gasteiger partial charge in [-0.05, 0) is 13.8 Å². The van der Waals surface area contributed by atoms with Gasteiger partial charge in [-0.3, -0.25) is 4.90 Å². The standard InChI is InChI=1S/C11H17N3O/c1-8(2)14-5-9-4-12-11(7-15-3)13-10(9)6-14/h4,8H,5-7H2,1-3H3. The summed E-state index contributed by atoms with van der Waals surface area (Å²) >= 11 is 0. The number of ether oxygens (including phenoxy) is 1. The van der Waals surface area contributed by atoms with E-state index in [0.717, 1.165) is 24.6 Å². The van der Waals surface area contributed by atoms with Gasteiger partial charge in [-0.2, -0.15) is 0 Å². The van der Waals surface area contributed by atoms with E-state index in [2.05, 4.69) is 28.7 Å². The molecule has 1 aliphatic heterocycles. The average molecular weight is 207 g/mol. The van der Waals surface area contributed by atoms with Crippen LogP contribution in [0.5, 0.6) is 0 Å². The molecule has 0 atom stereocenters. The summed E-state index contributed by atoms with van der Waals surface area (Å²) in [5.74, 6) is 0.779. The van der Waals surface area contributed by atoms with Crippen molar-refractivity contribution < 1.29 is 4.74 Å². The van der Waals surface area contributed by atoms with Crippen molar-refractivity contribution in [1.29, 1.82) is 0 Å². The van der Waals surface area contributed by atoms with Crippen molar-refractivity contribution in [2.24, 2.45) is 0 Å². The summed E-state index contributed by atoms with van der Waals surface area (Å²) in [5.41, 5.74) is 2.41. The molecule has 4 heteroatoms. The topological polar surface area (TPSA) is 38.3 Å². The summed E-state index contributed by atoms with van der Waals surface area (Å²) in [6.07, 6.45) is 1.93. The fourth-order valence-corrected chi connectivity index (χ4v) is 1.78. The summed E-state index contributed by atoms with van der Waals surface area (Å²) in [7, 11) is 1.66. The zero-order chi connectivity index (χ0) is 10.8. The van der Waals surface area contributed by atoms with Crippen LogP contribution in [0.25, 0.3) is 0 Å². The number of hydrogen-bond donors (Lipinski definition) is 0. The van der Waals surface area contributed by atoms with Gasteiger partial charge in [0.2, 0.25) is 0 Å². The molecule has 0 saturated heterocycles. The SMILES string of the molecule is COCc1ncc2c(n1)CN(C(C)C)C2. The summed E-state index contributed by atoms with van der Waals surface area (Å²) in [5, 5.41) is 0. The van der Waals surface area contributed by atoms with Gasteiger partial charge in [0.25, 0.3) is 0 Å². The van der Waals surface area contributed by atoms with Crippen LogP contribution in [0.2, 0.25) is 0 Å². The van der Waals surface area contributed by atoms with Gasteiger partial charge >= 0.3 is 0 Å². The van der Waals surface area contributed by atoms with E-state index < -0.39 is 0 Å². The monoisotopic (exact) mass is 207 g/mol. The molecule has 0 amide bonds. The molecule has 1 aliphatic rings. The summed E-state index contributed by atoms with van der Waals surface area (Å²) < 4.78 is 5.02. The second-order valence-electron chi connectivity index (χ2n) is 4.19. The molecule has 2 heterocycles. The van der Waals surface area contributed by atoms with Gasteiger partial charge in [-0.15, -0.1) is 0 Å². The smallest absolute Gasteiger partial charge is 0.154 e. The third-order valence-electron chi connectivity index (χ3n) is 2.73. The highest BCUT2D eigenvalue weighted by Gasteiger charge is 2.22. The molecule has 2 rings (SSSR count). The fraction of sp³-hybridized carbons (Fsp3) is 0.636. The molecule has 82 valence electrons. The Kier molecular flexibility index (Phi) is 2.98. The highest BCUT2D eigenvalue weighted by atomic mass is 16.5. The summed E-state index contributed by atoms with van der Waals surface area (Å²) in [6.45, 7) is 6.81. The van der Waals surface area contributed by atoms with Gasteiger partial charge in [-0.1, -0.05) is 0 Å². The van der Waals surface area contributed by atoms with Crippen molar-refractivity contribution in [1.82, 2.24) is 14.9 Å². The lowest BCUT2D eigenvalue weighted by molar-refractivity contribution is 0.177. The van der Waals surface area contributed by atoms with Crippen LogP contribution >= 0.6 is 0 Å². The van der Waals surface area contributed by atoms with Gasteiger partial charge in [0.05, 0.1) is 5.69 Å². The molecule has 0 N–H and O–H groups in total. The van der Waals surface area contributed by atoms with Gasteiger partial charge < -0.3 is 4.74 Å². The molecule has 0 saturated carbocycles. The number of rotatable bonds is 3. The molecule has 0 radical (unpaired) electrons. The first-order valence-corrected chi connectivity index (χ1v) is 5.27. The van der Waals surface area contributed by atoms with Gasteiger partial charge in [0, 0.05) is 38.0 Å².